The van der Waals surface area contributed by atoms with Crippen LogP contribution in [-0.4, -0.2) is 31.5 Å². The molecular formula is C14H19BrO3. The number of hydrogen-bond donors (Lipinski definition) is 1. The summed E-state index contributed by atoms with van der Waals surface area (Å²) in [6, 6.07) is 5.82. The zero-order valence-electron chi connectivity index (χ0n) is 10.8. The summed E-state index contributed by atoms with van der Waals surface area (Å²) in [6.45, 7) is 0.376. The second-order valence-corrected chi connectivity index (χ2v) is 5.80. The molecule has 1 fully saturated rings. The topological polar surface area (TPSA) is 38.7 Å². The first kappa shape index (κ1) is 13.8. The van der Waals surface area contributed by atoms with Gasteiger partial charge in [0.1, 0.15) is 5.75 Å². The Bertz CT molecular complexity index is 418. The van der Waals surface area contributed by atoms with Gasteiger partial charge in [0.15, 0.2) is 0 Å². The fourth-order valence-electron chi connectivity index (χ4n) is 2.33. The number of methoxy groups -OCH3 is 2. The van der Waals surface area contributed by atoms with Crippen molar-refractivity contribution in [1.29, 1.82) is 0 Å². The molecule has 1 N–H and O–H groups in total. The van der Waals surface area contributed by atoms with Gasteiger partial charge in [-0.25, -0.2) is 0 Å². The van der Waals surface area contributed by atoms with E-state index in [9.17, 15) is 5.11 Å². The molecule has 2 rings (SSSR count). The van der Waals surface area contributed by atoms with Gasteiger partial charge in [-0.2, -0.15) is 0 Å². The van der Waals surface area contributed by atoms with E-state index >= 15 is 0 Å². The summed E-state index contributed by atoms with van der Waals surface area (Å²) >= 11 is 3.53. The molecule has 3 nitrogen and oxygen atoms in total. The van der Waals surface area contributed by atoms with Crippen LogP contribution in [0.3, 0.4) is 0 Å². The molecule has 0 saturated heterocycles. The second-order valence-electron chi connectivity index (χ2n) is 4.94. The van der Waals surface area contributed by atoms with E-state index in [2.05, 4.69) is 15.9 Å². The molecule has 0 heterocycles. The Hall–Kier alpha value is -0.580. The van der Waals surface area contributed by atoms with E-state index in [0.717, 1.165) is 28.6 Å². The van der Waals surface area contributed by atoms with Crippen LogP contribution in [-0.2, 0) is 11.2 Å². The van der Waals surface area contributed by atoms with Crippen molar-refractivity contribution in [3.05, 3.63) is 28.2 Å². The maximum atomic E-state index is 10.7. The first-order valence-electron chi connectivity index (χ1n) is 6.13. The van der Waals surface area contributed by atoms with Gasteiger partial charge in [0.2, 0.25) is 0 Å². The van der Waals surface area contributed by atoms with Crippen molar-refractivity contribution in [2.45, 2.75) is 24.9 Å². The van der Waals surface area contributed by atoms with Crippen LogP contribution in [0, 0.1) is 5.92 Å². The highest BCUT2D eigenvalue weighted by molar-refractivity contribution is 9.10. The number of ether oxygens (including phenoxy) is 2. The summed E-state index contributed by atoms with van der Waals surface area (Å²) in [6.07, 6.45) is 2.76. The van der Waals surface area contributed by atoms with Crippen molar-refractivity contribution in [3.8, 4) is 5.75 Å². The number of aliphatic hydroxyl groups is 1. The molecule has 0 spiro atoms. The highest BCUT2D eigenvalue weighted by Crippen LogP contribution is 2.42. The third-order valence-electron chi connectivity index (χ3n) is 3.48. The molecule has 1 aliphatic rings. The minimum absolute atomic E-state index is 0.357. The van der Waals surface area contributed by atoms with Gasteiger partial charge >= 0.3 is 0 Å². The molecular weight excluding hydrogens is 296 g/mol. The quantitative estimate of drug-likeness (QED) is 0.877. The van der Waals surface area contributed by atoms with Crippen molar-refractivity contribution in [3.63, 3.8) is 0 Å². The van der Waals surface area contributed by atoms with E-state index in [1.807, 2.05) is 18.2 Å². The lowest BCUT2D eigenvalue weighted by Gasteiger charge is -2.28. The third kappa shape index (κ3) is 3.05. The molecule has 0 aliphatic heterocycles. The summed E-state index contributed by atoms with van der Waals surface area (Å²) in [7, 11) is 3.28. The van der Waals surface area contributed by atoms with Crippen LogP contribution in [0.25, 0.3) is 0 Å². The van der Waals surface area contributed by atoms with Gasteiger partial charge in [-0.3, -0.25) is 0 Å². The summed E-state index contributed by atoms with van der Waals surface area (Å²) < 4.78 is 11.4. The minimum atomic E-state index is -0.760. The maximum Gasteiger partial charge on any atom is 0.119 e. The van der Waals surface area contributed by atoms with Crippen LogP contribution in [0.2, 0.25) is 0 Å². The van der Waals surface area contributed by atoms with Gasteiger partial charge in [0.05, 0.1) is 19.3 Å². The van der Waals surface area contributed by atoms with Crippen molar-refractivity contribution in [1.82, 2.24) is 0 Å². The molecule has 0 aromatic heterocycles. The highest BCUT2D eigenvalue weighted by Gasteiger charge is 2.44. The molecule has 1 aromatic carbocycles. The van der Waals surface area contributed by atoms with Crippen LogP contribution in [0.5, 0.6) is 5.75 Å². The molecule has 18 heavy (non-hydrogen) atoms. The number of rotatable bonds is 6. The summed E-state index contributed by atoms with van der Waals surface area (Å²) in [5.41, 5.74) is 0.296. The first-order valence-corrected chi connectivity index (χ1v) is 6.92. The highest BCUT2D eigenvalue weighted by atomic mass is 79.9. The molecule has 100 valence electrons. The average Bonchev–Trinajstić information content (AvgIpc) is 3.16. The van der Waals surface area contributed by atoms with E-state index < -0.39 is 5.60 Å². The Balaban J connectivity index is 2.20. The van der Waals surface area contributed by atoms with Crippen LogP contribution in [0.4, 0.5) is 0 Å². The third-order valence-corrected chi connectivity index (χ3v) is 4.25. The first-order chi connectivity index (χ1) is 8.59. The minimum Gasteiger partial charge on any atom is -0.497 e. The van der Waals surface area contributed by atoms with E-state index in [4.69, 9.17) is 9.47 Å². The van der Waals surface area contributed by atoms with Gasteiger partial charge in [0, 0.05) is 18.0 Å². The lowest BCUT2D eigenvalue weighted by molar-refractivity contribution is -0.0475. The van der Waals surface area contributed by atoms with Crippen LogP contribution in [0.1, 0.15) is 18.4 Å². The van der Waals surface area contributed by atoms with Gasteiger partial charge in [-0.15, -0.1) is 0 Å². The smallest absolute Gasteiger partial charge is 0.119 e. The van der Waals surface area contributed by atoms with Crippen LogP contribution >= 0.6 is 15.9 Å². The van der Waals surface area contributed by atoms with Crippen molar-refractivity contribution in [2.75, 3.05) is 20.8 Å². The lowest BCUT2D eigenvalue weighted by Crippen LogP contribution is -2.39. The fourth-order valence-corrected chi connectivity index (χ4v) is 2.71. The molecule has 4 heteroatoms. The zero-order chi connectivity index (χ0) is 13.2. The summed E-state index contributed by atoms with van der Waals surface area (Å²) in [4.78, 5) is 0. The van der Waals surface area contributed by atoms with E-state index in [1.54, 1.807) is 14.2 Å². The van der Waals surface area contributed by atoms with Gasteiger partial charge in [-0.1, -0.05) is 15.9 Å². The largest absolute Gasteiger partial charge is 0.497 e. The average molecular weight is 315 g/mol. The maximum absolute atomic E-state index is 10.7. The van der Waals surface area contributed by atoms with Gasteiger partial charge in [-0.05, 0) is 42.5 Å². The summed E-state index contributed by atoms with van der Waals surface area (Å²) in [5.74, 6) is 1.17. The normalized spacial score (nSPS) is 18.4. The van der Waals surface area contributed by atoms with Gasteiger partial charge < -0.3 is 14.6 Å². The number of halogens is 1. The van der Waals surface area contributed by atoms with Crippen LogP contribution < -0.4 is 4.74 Å². The number of benzene rings is 1. The van der Waals surface area contributed by atoms with Crippen LogP contribution in [0.15, 0.2) is 22.7 Å². The molecule has 1 unspecified atom stereocenters. The predicted octanol–water partition coefficient (Wildman–Crippen LogP) is 2.79. The Morgan fingerprint density at radius 3 is 2.67 bits per heavy atom. The van der Waals surface area contributed by atoms with Crippen molar-refractivity contribution in [2.24, 2.45) is 5.92 Å². The van der Waals surface area contributed by atoms with E-state index in [1.165, 1.54) is 0 Å². The molecule has 0 bridgehead atoms. The molecule has 0 radical (unpaired) electrons. The Morgan fingerprint density at radius 2 is 2.11 bits per heavy atom. The molecule has 1 saturated carbocycles. The van der Waals surface area contributed by atoms with Crippen molar-refractivity contribution < 1.29 is 14.6 Å². The molecule has 1 atom stereocenters. The second kappa shape index (κ2) is 5.59. The fraction of sp³-hybridized carbons (Fsp3) is 0.571. The summed E-state index contributed by atoms with van der Waals surface area (Å²) in [5, 5.41) is 10.7. The standard InChI is InChI=1S/C14H19BrO3/c1-17-9-14(16,11-3-4-11)8-10-7-12(18-2)5-6-13(10)15/h5-7,11,16H,3-4,8-9H2,1-2H3. The Kier molecular flexibility index (Phi) is 4.30. The van der Waals surface area contributed by atoms with Crippen molar-refractivity contribution >= 4 is 15.9 Å². The lowest BCUT2D eigenvalue weighted by atomic mass is 9.90. The van der Waals surface area contributed by atoms with E-state index in [0.29, 0.717) is 18.9 Å². The predicted molar refractivity (Wildman–Crippen MR) is 73.9 cm³/mol. The zero-order valence-corrected chi connectivity index (χ0v) is 12.4. The van der Waals surface area contributed by atoms with Gasteiger partial charge in [0.25, 0.3) is 0 Å². The van der Waals surface area contributed by atoms with E-state index in [-0.39, 0.29) is 0 Å². The SMILES string of the molecule is COCC(O)(Cc1cc(OC)ccc1Br)C1CC1. The molecule has 0 amide bonds. The number of hydrogen-bond acceptors (Lipinski definition) is 3. The molecule has 1 aromatic rings. The Labute approximate surface area is 116 Å². The molecule has 1 aliphatic carbocycles. The monoisotopic (exact) mass is 314 g/mol. The Morgan fingerprint density at radius 1 is 1.39 bits per heavy atom.